The van der Waals surface area contributed by atoms with Crippen molar-refractivity contribution in [2.24, 2.45) is 0 Å². The lowest BCUT2D eigenvalue weighted by Crippen LogP contribution is -2.50. The average Bonchev–Trinajstić information content (AvgIpc) is 3.41. The highest BCUT2D eigenvalue weighted by molar-refractivity contribution is 7.88. The molecule has 7 nitrogen and oxygen atoms in total. The zero-order chi connectivity index (χ0) is 21.2. The fourth-order valence-corrected chi connectivity index (χ4v) is 5.84. The highest BCUT2D eigenvalue weighted by Crippen LogP contribution is 2.48. The number of nitrogens with zero attached hydrogens (tertiary/aromatic N) is 2. The van der Waals surface area contributed by atoms with Gasteiger partial charge in [-0.3, -0.25) is 9.69 Å². The molecular weight excluding hydrogens is 402 g/mol. The van der Waals surface area contributed by atoms with Crippen LogP contribution in [0.2, 0.25) is 0 Å². The van der Waals surface area contributed by atoms with Crippen molar-refractivity contribution in [2.45, 2.75) is 49.6 Å². The van der Waals surface area contributed by atoms with Crippen LogP contribution in [0.15, 0.2) is 30.3 Å². The van der Waals surface area contributed by atoms with Gasteiger partial charge in [-0.15, -0.1) is 0 Å². The molecule has 1 aromatic rings. The number of amides is 1. The Balaban J connectivity index is 1.37. The van der Waals surface area contributed by atoms with E-state index in [9.17, 15) is 13.2 Å². The Morgan fingerprint density at radius 1 is 1.17 bits per heavy atom. The van der Waals surface area contributed by atoms with E-state index in [1.54, 1.807) is 4.31 Å². The summed E-state index contributed by atoms with van der Waals surface area (Å²) in [5.74, 6) is 0.116. The summed E-state index contributed by atoms with van der Waals surface area (Å²) in [5.41, 5.74) is 0.744. The molecule has 166 valence electrons. The van der Waals surface area contributed by atoms with Gasteiger partial charge in [-0.2, -0.15) is 0 Å². The number of rotatable bonds is 8. The largest absolute Gasteiger partial charge is 0.381 e. The van der Waals surface area contributed by atoms with Crippen LogP contribution in [0, 0.1) is 0 Å². The molecule has 2 aliphatic heterocycles. The van der Waals surface area contributed by atoms with Gasteiger partial charge in [-0.1, -0.05) is 30.3 Å². The first-order valence-electron chi connectivity index (χ1n) is 11.0. The second-order valence-electron chi connectivity index (χ2n) is 8.85. The van der Waals surface area contributed by atoms with E-state index in [-0.39, 0.29) is 17.4 Å². The molecule has 4 rings (SSSR count). The maximum atomic E-state index is 13.0. The van der Waals surface area contributed by atoms with Crippen LogP contribution >= 0.6 is 0 Å². The van der Waals surface area contributed by atoms with Gasteiger partial charge in [0.1, 0.15) is 0 Å². The van der Waals surface area contributed by atoms with Gasteiger partial charge in [0.15, 0.2) is 0 Å². The van der Waals surface area contributed by atoms with Crippen molar-refractivity contribution in [3.05, 3.63) is 35.9 Å². The molecule has 0 spiro atoms. The topological polar surface area (TPSA) is 79.0 Å². The number of sulfonamides is 1. The molecule has 1 aliphatic carbocycles. The van der Waals surface area contributed by atoms with Gasteiger partial charge in [0.25, 0.3) is 0 Å². The maximum Gasteiger partial charge on any atom is 0.230 e. The smallest absolute Gasteiger partial charge is 0.230 e. The quantitative estimate of drug-likeness (QED) is 0.667. The maximum absolute atomic E-state index is 13.0. The van der Waals surface area contributed by atoms with Crippen molar-refractivity contribution in [3.63, 3.8) is 0 Å². The van der Waals surface area contributed by atoms with Crippen LogP contribution in [0.1, 0.15) is 37.7 Å². The Hall–Kier alpha value is -1.48. The highest BCUT2D eigenvalue weighted by atomic mass is 32.2. The Kier molecular flexibility index (Phi) is 6.48. The van der Waals surface area contributed by atoms with Crippen LogP contribution in [0.25, 0.3) is 0 Å². The first kappa shape index (κ1) is 21.7. The fraction of sp³-hybridized carbons (Fsp3) is 0.682. The predicted octanol–water partition coefficient (Wildman–Crippen LogP) is 1.35. The second-order valence-corrected chi connectivity index (χ2v) is 10.8. The number of benzene rings is 1. The molecule has 2 saturated heterocycles. The van der Waals surface area contributed by atoms with Gasteiger partial charge in [-0.05, 0) is 37.7 Å². The van der Waals surface area contributed by atoms with E-state index in [1.807, 2.05) is 30.3 Å². The van der Waals surface area contributed by atoms with E-state index in [0.29, 0.717) is 25.7 Å². The third-order valence-corrected chi connectivity index (χ3v) is 8.16. The van der Waals surface area contributed by atoms with Crippen molar-refractivity contribution >= 4 is 15.9 Å². The summed E-state index contributed by atoms with van der Waals surface area (Å²) in [6.45, 7) is 3.93. The fourth-order valence-electron chi connectivity index (χ4n) is 4.96. The minimum Gasteiger partial charge on any atom is -0.381 e. The number of carbonyl (C=O) groups excluding carboxylic acids is 1. The Bertz CT molecular complexity index is 835. The second kappa shape index (κ2) is 8.94. The molecule has 8 heteroatoms. The van der Waals surface area contributed by atoms with E-state index in [1.165, 1.54) is 6.26 Å². The molecule has 1 atom stereocenters. The molecule has 1 amide bonds. The SMILES string of the molecule is CS(=O)(=O)N1CCC(N(CCNC(=O)C2(c3ccccc3)CC2)C2CCOCC2)C1. The van der Waals surface area contributed by atoms with Crippen molar-refractivity contribution in [2.75, 3.05) is 45.6 Å². The molecular formula is C22H33N3O4S. The lowest BCUT2D eigenvalue weighted by Gasteiger charge is -2.38. The summed E-state index contributed by atoms with van der Waals surface area (Å²) in [6, 6.07) is 10.6. The number of hydrogen-bond acceptors (Lipinski definition) is 5. The summed E-state index contributed by atoms with van der Waals surface area (Å²) in [7, 11) is -3.16. The van der Waals surface area contributed by atoms with Crippen molar-refractivity contribution in [3.8, 4) is 0 Å². The van der Waals surface area contributed by atoms with Crippen molar-refractivity contribution < 1.29 is 17.9 Å². The lowest BCUT2D eigenvalue weighted by atomic mass is 9.95. The lowest BCUT2D eigenvalue weighted by molar-refractivity contribution is -0.123. The van der Waals surface area contributed by atoms with Crippen LogP contribution in [0.4, 0.5) is 0 Å². The highest BCUT2D eigenvalue weighted by Gasteiger charge is 2.51. The zero-order valence-electron chi connectivity index (χ0n) is 17.8. The van der Waals surface area contributed by atoms with Gasteiger partial charge < -0.3 is 10.1 Å². The molecule has 1 aromatic carbocycles. The molecule has 1 saturated carbocycles. The van der Waals surface area contributed by atoms with Crippen LogP contribution in [-0.2, 0) is 25.0 Å². The normalized spacial score (nSPS) is 24.8. The minimum atomic E-state index is -3.16. The van der Waals surface area contributed by atoms with E-state index in [2.05, 4.69) is 10.2 Å². The molecule has 3 aliphatic rings. The summed E-state index contributed by atoms with van der Waals surface area (Å²) in [5, 5.41) is 3.17. The van der Waals surface area contributed by atoms with Crippen molar-refractivity contribution in [1.29, 1.82) is 0 Å². The molecule has 1 unspecified atom stereocenters. The minimum absolute atomic E-state index is 0.116. The summed E-state index contributed by atoms with van der Waals surface area (Å²) in [6.07, 6.45) is 5.84. The monoisotopic (exact) mass is 435 g/mol. The Morgan fingerprint density at radius 2 is 1.87 bits per heavy atom. The van der Waals surface area contributed by atoms with Crippen LogP contribution in [0.3, 0.4) is 0 Å². The molecule has 3 fully saturated rings. The van der Waals surface area contributed by atoms with Gasteiger partial charge in [-0.25, -0.2) is 12.7 Å². The third kappa shape index (κ3) is 4.72. The Labute approximate surface area is 179 Å². The molecule has 0 radical (unpaired) electrons. The number of hydrogen-bond donors (Lipinski definition) is 1. The van der Waals surface area contributed by atoms with E-state index in [0.717, 1.165) is 57.4 Å². The molecule has 1 N–H and O–H groups in total. The van der Waals surface area contributed by atoms with Crippen LogP contribution < -0.4 is 5.32 Å². The van der Waals surface area contributed by atoms with Crippen molar-refractivity contribution in [1.82, 2.24) is 14.5 Å². The molecule has 2 heterocycles. The number of nitrogens with one attached hydrogen (secondary N) is 1. The van der Waals surface area contributed by atoms with E-state index < -0.39 is 10.0 Å². The van der Waals surface area contributed by atoms with Crippen LogP contribution in [-0.4, -0.2) is 81.3 Å². The number of ether oxygens (including phenoxy) is 1. The zero-order valence-corrected chi connectivity index (χ0v) is 18.6. The van der Waals surface area contributed by atoms with E-state index >= 15 is 0 Å². The summed E-state index contributed by atoms with van der Waals surface area (Å²) >= 11 is 0. The third-order valence-electron chi connectivity index (χ3n) is 6.89. The summed E-state index contributed by atoms with van der Waals surface area (Å²) < 4.78 is 31.0. The molecule has 0 aromatic heterocycles. The first-order valence-corrected chi connectivity index (χ1v) is 12.9. The van der Waals surface area contributed by atoms with Gasteiger partial charge >= 0.3 is 0 Å². The average molecular weight is 436 g/mol. The number of carbonyl (C=O) groups is 1. The first-order chi connectivity index (χ1) is 14.4. The predicted molar refractivity (Wildman–Crippen MR) is 116 cm³/mol. The van der Waals surface area contributed by atoms with Gasteiger partial charge in [0, 0.05) is 51.5 Å². The summed E-state index contributed by atoms with van der Waals surface area (Å²) in [4.78, 5) is 15.4. The van der Waals surface area contributed by atoms with Gasteiger partial charge in [0.2, 0.25) is 15.9 Å². The van der Waals surface area contributed by atoms with E-state index in [4.69, 9.17) is 4.74 Å². The molecule has 0 bridgehead atoms. The van der Waals surface area contributed by atoms with Gasteiger partial charge in [0.05, 0.1) is 11.7 Å². The molecule has 30 heavy (non-hydrogen) atoms. The Morgan fingerprint density at radius 3 is 2.47 bits per heavy atom. The standard InChI is InChI=1S/C22H33N3O4S/c1-30(27,28)24-13-7-20(17-24)25(19-8-15-29-16-9-19)14-12-23-21(26)22(10-11-22)18-5-3-2-4-6-18/h2-6,19-20H,7-17H2,1H3,(H,23,26). The van der Waals surface area contributed by atoms with Crippen LogP contribution in [0.5, 0.6) is 0 Å².